The highest BCUT2D eigenvalue weighted by Gasteiger charge is 2.21. The Morgan fingerprint density at radius 3 is 2.71 bits per heavy atom. The Labute approximate surface area is 181 Å². The molecule has 4 N–H and O–H groups in total. The molecule has 0 saturated carbocycles. The van der Waals surface area contributed by atoms with Gasteiger partial charge in [-0.05, 0) is 24.5 Å². The second-order valence-electron chi connectivity index (χ2n) is 6.61. The number of carbonyl (C=O) groups excluding carboxylic acids is 1. The Balaban J connectivity index is 1.86. The summed E-state index contributed by atoms with van der Waals surface area (Å²) in [6.45, 7) is 0. The summed E-state index contributed by atoms with van der Waals surface area (Å²) in [5.41, 5.74) is 7.98. The number of rotatable bonds is 6. The van der Waals surface area contributed by atoms with E-state index in [9.17, 15) is 9.18 Å². The predicted molar refractivity (Wildman–Crippen MR) is 119 cm³/mol. The van der Waals surface area contributed by atoms with Gasteiger partial charge in [0.15, 0.2) is 17.3 Å². The van der Waals surface area contributed by atoms with Crippen LogP contribution in [0, 0.1) is 5.82 Å². The topological polar surface area (TPSA) is 124 Å². The number of hydrogen-bond acceptors (Lipinski definition) is 8. The van der Waals surface area contributed by atoms with Gasteiger partial charge in [0.25, 0.3) is 5.91 Å². The molecule has 0 unspecified atom stereocenters. The molecular weight excluding hydrogens is 419 g/mol. The van der Waals surface area contributed by atoms with Crippen molar-refractivity contribution in [1.82, 2.24) is 24.5 Å². The van der Waals surface area contributed by atoms with E-state index >= 15 is 0 Å². The van der Waals surface area contributed by atoms with Crippen molar-refractivity contribution in [3.63, 3.8) is 0 Å². The zero-order valence-electron chi connectivity index (χ0n) is 17.0. The molecule has 0 spiro atoms. The van der Waals surface area contributed by atoms with E-state index in [0.717, 1.165) is 10.4 Å². The minimum atomic E-state index is -0.804. The SMILES string of the molecule is CNc1nc(Nc2ccc(SC)cc2F)c(C(N)=O)nc1-c1cncc2c1ncn2C. The number of pyridine rings is 1. The van der Waals surface area contributed by atoms with Crippen molar-refractivity contribution < 1.29 is 9.18 Å². The summed E-state index contributed by atoms with van der Waals surface area (Å²) in [5, 5.41) is 5.80. The number of aryl methyl sites for hydroxylation is 1. The largest absolute Gasteiger partial charge is 0.371 e. The molecule has 0 atom stereocenters. The Bertz CT molecular complexity index is 1310. The molecule has 4 aromatic rings. The Morgan fingerprint density at radius 2 is 2.03 bits per heavy atom. The van der Waals surface area contributed by atoms with Crippen LogP contribution in [0.4, 0.5) is 21.7 Å². The van der Waals surface area contributed by atoms with E-state index in [2.05, 4.69) is 30.6 Å². The summed E-state index contributed by atoms with van der Waals surface area (Å²) in [6.07, 6.45) is 6.80. The van der Waals surface area contributed by atoms with E-state index in [-0.39, 0.29) is 17.2 Å². The lowest BCUT2D eigenvalue weighted by molar-refractivity contribution is 0.0996. The summed E-state index contributed by atoms with van der Waals surface area (Å²) in [4.78, 5) is 30.5. The first kappa shape index (κ1) is 20.5. The number of amides is 1. The molecule has 0 saturated heterocycles. The molecule has 31 heavy (non-hydrogen) atoms. The Morgan fingerprint density at radius 1 is 1.23 bits per heavy atom. The number of carbonyl (C=O) groups is 1. The summed E-state index contributed by atoms with van der Waals surface area (Å²) in [7, 11) is 3.52. The first-order valence-corrected chi connectivity index (χ1v) is 10.4. The molecular formula is C20H19FN8OS. The van der Waals surface area contributed by atoms with Gasteiger partial charge in [0, 0.05) is 25.2 Å². The number of benzene rings is 1. The van der Waals surface area contributed by atoms with Gasteiger partial charge in [0.2, 0.25) is 0 Å². The highest BCUT2D eigenvalue weighted by molar-refractivity contribution is 7.98. The molecule has 0 aliphatic carbocycles. The average Bonchev–Trinajstić information content (AvgIpc) is 3.15. The predicted octanol–water partition coefficient (Wildman–Crippen LogP) is 3.17. The van der Waals surface area contributed by atoms with E-state index in [0.29, 0.717) is 22.6 Å². The number of thioether (sulfide) groups is 1. The lowest BCUT2D eigenvalue weighted by Gasteiger charge is -2.15. The van der Waals surface area contributed by atoms with Crippen molar-refractivity contribution in [2.24, 2.45) is 12.8 Å². The number of fused-ring (bicyclic) bond motifs is 1. The number of hydrogen-bond donors (Lipinski definition) is 3. The number of halogens is 1. The monoisotopic (exact) mass is 438 g/mol. The number of nitrogens with two attached hydrogens (primary N) is 1. The van der Waals surface area contributed by atoms with Crippen molar-refractivity contribution in [2.45, 2.75) is 4.90 Å². The van der Waals surface area contributed by atoms with Gasteiger partial charge in [0.1, 0.15) is 17.0 Å². The second kappa shape index (κ2) is 8.19. The maximum atomic E-state index is 14.5. The van der Waals surface area contributed by atoms with Crippen molar-refractivity contribution in [3.8, 4) is 11.3 Å². The van der Waals surface area contributed by atoms with Crippen LogP contribution in [0.1, 0.15) is 10.5 Å². The molecule has 11 heteroatoms. The molecule has 0 radical (unpaired) electrons. The van der Waals surface area contributed by atoms with Crippen LogP contribution in [0.25, 0.3) is 22.3 Å². The van der Waals surface area contributed by atoms with E-state index < -0.39 is 11.7 Å². The molecule has 4 rings (SSSR count). The van der Waals surface area contributed by atoms with Crippen LogP contribution in [0.3, 0.4) is 0 Å². The fraction of sp³-hybridized carbons (Fsp3) is 0.150. The van der Waals surface area contributed by atoms with Crippen molar-refractivity contribution in [3.05, 3.63) is 48.4 Å². The average molecular weight is 438 g/mol. The summed E-state index contributed by atoms with van der Waals surface area (Å²) >= 11 is 1.42. The molecule has 0 aliphatic rings. The van der Waals surface area contributed by atoms with Crippen molar-refractivity contribution in [1.29, 1.82) is 0 Å². The number of imidazole rings is 1. The quantitative estimate of drug-likeness (QED) is 0.392. The molecule has 9 nitrogen and oxygen atoms in total. The van der Waals surface area contributed by atoms with E-state index in [1.807, 2.05) is 17.9 Å². The van der Waals surface area contributed by atoms with Crippen LogP contribution in [-0.2, 0) is 7.05 Å². The van der Waals surface area contributed by atoms with Gasteiger partial charge in [0.05, 0.1) is 29.3 Å². The highest BCUT2D eigenvalue weighted by Crippen LogP contribution is 2.33. The third-order valence-electron chi connectivity index (χ3n) is 4.69. The van der Waals surface area contributed by atoms with Gasteiger partial charge in [-0.3, -0.25) is 9.78 Å². The lowest BCUT2D eigenvalue weighted by atomic mass is 10.1. The summed E-state index contributed by atoms with van der Waals surface area (Å²) < 4.78 is 16.3. The fourth-order valence-electron chi connectivity index (χ4n) is 3.12. The van der Waals surface area contributed by atoms with Crippen LogP contribution in [0.5, 0.6) is 0 Å². The van der Waals surface area contributed by atoms with Crippen LogP contribution in [-0.4, -0.2) is 43.7 Å². The standard InChI is InChI=1S/C20H19FN8OS/c1-23-19-16(11-7-24-8-14-15(11)25-9-29(14)2)27-17(18(22)30)20(28-19)26-13-5-4-10(31-3)6-12(13)21/h4-9H,1-3H3,(H2,22,30)(H2,23,26,28). The number of nitrogens with one attached hydrogen (secondary N) is 2. The molecule has 0 bridgehead atoms. The number of primary amides is 1. The van der Waals surface area contributed by atoms with Gasteiger partial charge in [-0.1, -0.05) is 0 Å². The molecule has 0 fully saturated rings. The fourth-order valence-corrected chi connectivity index (χ4v) is 3.55. The number of anilines is 3. The molecule has 3 heterocycles. The van der Waals surface area contributed by atoms with E-state index in [1.54, 1.807) is 37.9 Å². The van der Waals surface area contributed by atoms with Crippen LogP contribution in [0.15, 0.2) is 41.8 Å². The Kier molecular flexibility index (Phi) is 5.42. The number of aromatic nitrogens is 5. The molecule has 3 aromatic heterocycles. The normalized spacial score (nSPS) is 11.0. The first-order chi connectivity index (χ1) is 14.9. The van der Waals surface area contributed by atoms with Gasteiger partial charge in [-0.2, -0.15) is 0 Å². The minimum Gasteiger partial charge on any atom is -0.371 e. The van der Waals surface area contributed by atoms with E-state index in [1.165, 1.54) is 17.8 Å². The zero-order chi connectivity index (χ0) is 22.1. The van der Waals surface area contributed by atoms with E-state index in [4.69, 9.17) is 5.73 Å². The van der Waals surface area contributed by atoms with Crippen molar-refractivity contribution >= 4 is 46.0 Å². The molecule has 1 amide bonds. The van der Waals surface area contributed by atoms with Gasteiger partial charge in [-0.15, -0.1) is 11.8 Å². The maximum absolute atomic E-state index is 14.5. The maximum Gasteiger partial charge on any atom is 0.271 e. The van der Waals surface area contributed by atoms with Gasteiger partial charge >= 0.3 is 0 Å². The van der Waals surface area contributed by atoms with Crippen molar-refractivity contribution in [2.75, 3.05) is 23.9 Å². The smallest absolute Gasteiger partial charge is 0.271 e. The highest BCUT2D eigenvalue weighted by atomic mass is 32.2. The van der Waals surface area contributed by atoms with Gasteiger partial charge in [-0.25, -0.2) is 19.3 Å². The first-order valence-electron chi connectivity index (χ1n) is 9.18. The number of nitrogens with zero attached hydrogens (tertiary/aromatic N) is 5. The molecule has 1 aromatic carbocycles. The summed E-state index contributed by atoms with van der Waals surface area (Å²) in [6, 6.07) is 4.72. The van der Waals surface area contributed by atoms with Gasteiger partial charge < -0.3 is 20.9 Å². The van der Waals surface area contributed by atoms with Crippen LogP contribution >= 0.6 is 11.8 Å². The third-order valence-corrected chi connectivity index (χ3v) is 5.41. The Hall–Kier alpha value is -3.73. The minimum absolute atomic E-state index is 0.0394. The lowest BCUT2D eigenvalue weighted by Crippen LogP contribution is -2.18. The second-order valence-corrected chi connectivity index (χ2v) is 7.49. The molecule has 0 aliphatic heterocycles. The van der Waals surface area contributed by atoms with Crippen LogP contribution in [0.2, 0.25) is 0 Å². The molecule has 158 valence electrons. The third kappa shape index (κ3) is 3.75. The summed E-state index contributed by atoms with van der Waals surface area (Å²) in [5.74, 6) is -0.894. The zero-order valence-corrected chi connectivity index (χ0v) is 17.8. The van der Waals surface area contributed by atoms with Crippen LogP contribution < -0.4 is 16.4 Å².